The lowest BCUT2D eigenvalue weighted by Gasteiger charge is -2.18. The summed E-state index contributed by atoms with van der Waals surface area (Å²) in [7, 11) is 0. The van der Waals surface area contributed by atoms with Gasteiger partial charge in [0, 0.05) is 31.9 Å². The molecule has 0 aromatic carbocycles. The minimum atomic E-state index is -0.265. The first-order chi connectivity index (χ1) is 9.63. The van der Waals surface area contributed by atoms with Gasteiger partial charge in [0.1, 0.15) is 0 Å². The summed E-state index contributed by atoms with van der Waals surface area (Å²) >= 11 is 0. The van der Waals surface area contributed by atoms with E-state index in [4.69, 9.17) is 4.74 Å². The lowest BCUT2D eigenvalue weighted by Crippen LogP contribution is -2.29. The third-order valence-corrected chi connectivity index (χ3v) is 3.05. The van der Waals surface area contributed by atoms with E-state index in [1.807, 2.05) is 18.5 Å². The molecule has 5 heteroatoms. The Kier molecular flexibility index (Phi) is 7.47. The quantitative estimate of drug-likeness (QED) is 0.389. The van der Waals surface area contributed by atoms with Gasteiger partial charge in [0.2, 0.25) is 5.91 Å². The highest BCUT2D eigenvalue weighted by atomic mass is 16.5. The number of rotatable bonds is 8. The van der Waals surface area contributed by atoms with Crippen LogP contribution in [0.25, 0.3) is 0 Å². The molecule has 0 radical (unpaired) electrons. The summed E-state index contributed by atoms with van der Waals surface area (Å²) in [6.07, 6.45) is 11.3. The average Bonchev–Trinajstić information content (AvgIpc) is 2.87. The number of ether oxygens (including phenoxy) is 1. The number of nitrogens with zero attached hydrogens (tertiary/aromatic N) is 2. The molecule has 0 aromatic heterocycles. The first-order valence-corrected chi connectivity index (χ1v) is 7.16. The Labute approximate surface area is 120 Å². The van der Waals surface area contributed by atoms with Crippen molar-refractivity contribution in [1.82, 2.24) is 9.80 Å². The molecule has 0 unspecified atom stereocenters. The van der Waals surface area contributed by atoms with E-state index in [-0.39, 0.29) is 11.9 Å². The number of allylic oxidation sites excluding steroid dienone is 1. The summed E-state index contributed by atoms with van der Waals surface area (Å²) in [5, 5.41) is 0. The molecule has 5 nitrogen and oxygen atoms in total. The van der Waals surface area contributed by atoms with Crippen LogP contribution in [0, 0.1) is 0 Å². The van der Waals surface area contributed by atoms with Crippen LogP contribution in [0.15, 0.2) is 24.6 Å². The maximum atomic E-state index is 11.1. The summed E-state index contributed by atoms with van der Waals surface area (Å²) in [4.78, 5) is 26.0. The molecule has 0 N–H and O–H groups in total. The number of unbranched alkanes of at least 4 members (excludes halogenated alkanes) is 3. The molecule has 1 amide bonds. The second-order valence-electron chi connectivity index (χ2n) is 4.74. The number of carbonyl (C=O) groups is 2. The van der Waals surface area contributed by atoms with E-state index in [0.29, 0.717) is 13.3 Å². The normalized spacial score (nSPS) is 14.3. The highest BCUT2D eigenvalue weighted by Gasteiger charge is 2.14. The minimum Gasteiger partial charge on any atom is -0.463 e. The number of esters is 1. The second-order valence-corrected chi connectivity index (χ2v) is 4.74. The van der Waals surface area contributed by atoms with Crippen LogP contribution < -0.4 is 0 Å². The SMILES string of the molecule is CCOC(=O)C=CCCCCCN1C=CN(C(C)=O)C1. The van der Waals surface area contributed by atoms with Crippen molar-refractivity contribution in [2.45, 2.75) is 39.5 Å². The Morgan fingerprint density at radius 2 is 2.05 bits per heavy atom. The molecule has 0 saturated heterocycles. The lowest BCUT2D eigenvalue weighted by molar-refractivity contribution is -0.137. The summed E-state index contributed by atoms with van der Waals surface area (Å²) < 4.78 is 4.79. The molecule has 20 heavy (non-hydrogen) atoms. The van der Waals surface area contributed by atoms with Gasteiger partial charge in [-0.1, -0.05) is 12.5 Å². The molecule has 1 aliphatic heterocycles. The van der Waals surface area contributed by atoms with Crippen molar-refractivity contribution in [2.75, 3.05) is 19.8 Å². The van der Waals surface area contributed by atoms with Crippen LogP contribution in [0.5, 0.6) is 0 Å². The predicted molar refractivity (Wildman–Crippen MR) is 77.5 cm³/mol. The second kappa shape index (κ2) is 9.18. The van der Waals surface area contributed by atoms with Crippen LogP contribution in [-0.4, -0.2) is 41.5 Å². The zero-order valence-electron chi connectivity index (χ0n) is 12.4. The van der Waals surface area contributed by atoms with Gasteiger partial charge in [0.25, 0.3) is 0 Å². The van der Waals surface area contributed by atoms with Crippen molar-refractivity contribution in [1.29, 1.82) is 0 Å². The van der Waals surface area contributed by atoms with E-state index in [2.05, 4.69) is 4.90 Å². The minimum absolute atomic E-state index is 0.0767. The van der Waals surface area contributed by atoms with Crippen LogP contribution in [0.4, 0.5) is 0 Å². The molecule has 0 fully saturated rings. The predicted octanol–water partition coefficient (Wildman–Crippen LogP) is 2.26. The summed E-state index contributed by atoms with van der Waals surface area (Å²) in [5.41, 5.74) is 0. The Morgan fingerprint density at radius 3 is 2.70 bits per heavy atom. The van der Waals surface area contributed by atoms with E-state index in [9.17, 15) is 9.59 Å². The molecule has 1 heterocycles. The monoisotopic (exact) mass is 280 g/mol. The van der Waals surface area contributed by atoms with Gasteiger partial charge in [-0.15, -0.1) is 0 Å². The fourth-order valence-corrected chi connectivity index (χ4v) is 1.94. The van der Waals surface area contributed by atoms with Gasteiger partial charge in [-0.05, 0) is 26.2 Å². The van der Waals surface area contributed by atoms with E-state index in [0.717, 1.165) is 32.2 Å². The molecule has 0 bridgehead atoms. The van der Waals surface area contributed by atoms with Gasteiger partial charge in [-0.25, -0.2) is 4.79 Å². The molecular formula is C15H24N2O3. The van der Waals surface area contributed by atoms with Crippen LogP contribution >= 0.6 is 0 Å². The highest BCUT2D eigenvalue weighted by molar-refractivity contribution is 5.81. The topological polar surface area (TPSA) is 49.9 Å². The molecule has 0 saturated carbocycles. The summed E-state index contributed by atoms with van der Waals surface area (Å²) in [6, 6.07) is 0. The zero-order chi connectivity index (χ0) is 14.8. The third-order valence-electron chi connectivity index (χ3n) is 3.05. The maximum Gasteiger partial charge on any atom is 0.330 e. The van der Waals surface area contributed by atoms with Gasteiger partial charge in [-0.2, -0.15) is 0 Å². The van der Waals surface area contributed by atoms with Crippen molar-refractivity contribution in [3.63, 3.8) is 0 Å². The van der Waals surface area contributed by atoms with Crippen molar-refractivity contribution >= 4 is 11.9 Å². The van der Waals surface area contributed by atoms with Gasteiger partial charge < -0.3 is 9.64 Å². The number of carbonyl (C=O) groups excluding carboxylic acids is 2. The van der Waals surface area contributed by atoms with Crippen molar-refractivity contribution < 1.29 is 14.3 Å². The maximum absolute atomic E-state index is 11.1. The summed E-state index contributed by atoms with van der Waals surface area (Å²) in [5.74, 6) is -0.188. The molecule has 112 valence electrons. The van der Waals surface area contributed by atoms with Gasteiger partial charge >= 0.3 is 5.97 Å². The molecular weight excluding hydrogens is 256 g/mol. The van der Waals surface area contributed by atoms with Crippen molar-refractivity contribution in [3.05, 3.63) is 24.6 Å². The van der Waals surface area contributed by atoms with Crippen LogP contribution in [0.1, 0.15) is 39.5 Å². The molecule has 0 aliphatic carbocycles. The highest BCUT2D eigenvalue weighted by Crippen LogP contribution is 2.09. The molecule has 1 rings (SSSR count). The Morgan fingerprint density at radius 1 is 1.25 bits per heavy atom. The van der Waals surface area contributed by atoms with Crippen molar-refractivity contribution in [3.8, 4) is 0 Å². The lowest BCUT2D eigenvalue weighted by atomic mass is 10.2. The Hall–Kier alpha value is -1.78. The van der Waals surface area contributed by atoms with Gasteiger partial charge in [0.05, 0.1) is 13.3 Å². The molecule has 0 atom stereocenters. The van der Waals surface area contributed by atoms with E-state index >= 15 is 0 Å². The number of hydrogen-bond donors (Lipinski definition) is 0. The standard InChI is InChI=1S/C15H24N2O3/c1-3-20-15(19)9-7-5-4-6-8-10-16-11-12-17(13-16)14(2)18/h7,9,11-12H,3-6,8,10,13H2,1-2H3. The van der Waals surface area contributed by atoms with E-state index < -0.39 is 0 Å². The first kappa shape index (κ1) is 16.3. The largest absolute Gasteiger partial charge is 0.463 e. The van der Waals surface area contributed by atoms with Gasteiger partial charge in [-0.3, -0.25) is 9.69 Å². The van der Waals surface area contributed by atoms with Crippen molar-refractivity contribution in [2.24, 2.45) is 0 Å². The summed E-state index contributed by atoms with van der Waals surface area (Å²) in [6.45, 7) is 5.42. The Balaban J connectivity index is 1.99. The van der Waals surface area contributed by atoms with Crippen LogP contribution in [0.3, 0.4) is 0 Å². The fourth-order valence-electron chi connectivity index (χ4n) is 1.94. The fraction of sp³-hybridized carbons (Fsp3) is 0.600. The smallest absolute Gasteiger partial charge is 0.330 e. The van der Waals surface area contributed by atoms with Crippen LogP contribution in [0.2, 0.25) is 0 Å². The molecule has 0 spiro atoms. The molecule has 0 aromatic rings. The molecule has 1 aliphatic rings. The number of amides is 1. The Bertz CT molecular complexity index is 377. The average molecular weight is 280 g/mol. The first-order valence-electron chi connectivity index (χ1n) is 7.16. The van der Waals surface area contributed by atoms with E-state index in [1.165, 1.54) is 6.08 Å². The zero-order valence-corrected chi connectivity index (χ0v) is 12.4. The third kappa shape index (κ3) is 6.41. The van der Waals surface area contributed by atoms with Crippen LogP contribution in [-0.2, 0) is 14.3 Å². The van der Waals surface area contributed by atoms with Gasteiger partial charge in [0.15, 0.2) is 0 Å². The number of hydrogen-bond acceptors (Lipinski definition) is 4. The van der Waals surface area contributed by atoms with E-state index in [1.54, 1.807) is 18.7 Å².